The van der Waals surface area contributed by atoms with E-state index >= 15 is 0 Å². The monoisotopic (exact) mass is 695 g/mol. The summed E-state index contributed by atoms with van der Waals surface area (Å²) >= 11 is 0. The predicted molar refractivity (Wildman–Crippen MR) is 190 cm³/mol. The molecular weight excluding hydrogens is 642 g/mol. The van der Waals surface area contributed by atoms with Crippen molar-refractivity contribution in [2.75, 3.05) is 50.8 Å². The molecule has 2 heterocycles. The van der Waals surface area contributed by atoms with Crippen LogP contribution in [0, 0.1) is 5.92 Å². The van der Waals surface area contributed by atoms with E-state index in [9.17, 15) is 19.5 Å². The Hall–Kier alpha value is -4.23. The Bertz CT molecular complexity index is 1470. The normalized spacial score (nSPS) is 22.4. The van der Waals surface area contributed by atoms with E-state index in [1.807, 2.05) is 13.8 Å². The van der Waals surface area contributed by atoms with Crippen molar-refractivity contribution in [1.29, 1.82) is 0 Å². The summed E-state index contributed by atoms with van der Waals surface area (Å²) in [6.45, 7) is 6.77. The highest BCUT2D eigenvalue weighted by Crippen LogP contribution is 2.34. The van der Waals surface area contributed by atoms with Crippen molar-refractivity contribution in [3.05, 3.63) is 42.0 Å². The van der Waals surface area contributed by atoms with E-state index in [0.717, 1.165) is 44.9 Å². The molecule has 2 aromatic carbocycles. The number of hydrogen-bond donors (Lipinski definition) is 4. The lowest BCUT2D eigenvalue weighted by atomic mass is 9.96. The number of carbonyl (C=O) groups excluding carboxylic acids is 3. The van der Waals surface area contributed by atoms with Crippen LogP contribution >= 0.6 is 0 Å². The molecule has 4 atom stereocenters. The Balaban J connectivity index is 1.34. The van der Waals surface area contributed by atoms with Gasteiger partial charge in [-0.2, -0.15) is 0 Å². The third kappa shape index (κ3) is 9.94. The maximum Gasteiger partial charge on any atom is 0.323 e. The van der Waals surface area contributed by atoms with Gasteiger partial charge in [0.05, 0.1) is 30.4 Å². The molecule has 13 heteroatoms. The first-order valence-corrected chi connectivity index (χ1v) is 17.9. The summed E-state index contributed by atoms with van der Waals surface area (Å²) in [5.41, 5.74) is 1.18. The minimum atomic E-state index is -0.526. The number of hydrogen-bond acceptors (Lipinski definition) is 8. The molecule has 1 aliphatic carbocycles. The molecule has 2 aromatic rings. The summed E-state index contributed by atoms with van der Waals surface area (Å²) in [6, 6.07) is 9.15. The van der Waals surface area contributed by atoms with E-state index < -0.39 is 12.1 Å². The molecule has 2 aliphatic heterocycles. The number of amides is 5. The maximum absolute atomic E-state index is 14.4. The van der Waals surface area contributed by atoms with Crippen LogP contribution in [-0.4, -0.2) is 97.3 Å². The molecular formula is C37H53N5O8. The first-order valence-electron chi connectivity index (χ1n) is 17.9. The summed E-state index contributed by atoms with van der Waals surface area (Å²) in [4.78, 5) is 43.9. The highest BCUT2D eigenvalue weighted by atomic mass is 16.7. The first kappa shape index (κ1) is 37.0. The Morgan fingerprint density at radius 3 is 2.36 bits per heavy atom. The highest BCUT2D eigenvalue weighted by Gasteiger charge is 2.31. The molecule has 1 saturated carbocycles. The number of benzene rings is 2. The van der Waals surface area contributed by atoms with Gasteiger partial charge in [0.15, 0.2) is 11.5 Å². The minimum absolute atomic E-state index is 0.119. The zero-order chi connectivity index (χ0) is 35.6. The minimum Gasteiger partial charge on any atom is -0.490 e. The van der Waals surface area contributed by atoms with E-state index in [2.05, 4.69) is 16.0 Å². The molecule has 0 bridgehead atoms. The number of likely N-dealkylation sites (N-methyl/N-ethyl adjacent to an activating group) is 1. The number of anilines is 2. The maximum atomic E-state index is 14.4. The Kier molecular flexibility index (Phi) is 13.1. The molecule has 0 saturated heterocycles. The first-order chi connectivity index (χ1) is 24.1. The molecule has 0 unspecified atom stereocenters. The highest BCUT2D eigenvalue weighted by molar-refractivity contribution is 6.02. The van der Waals surface area contributed by atoms with Crippen LogP contribution < -0.4 is 30.2 Å². The SMILES string of the molecule is C[C@H](CO)N1C[C@H](C)[C@@H](CN(C)C(=O)NC2CCCCC2)OCCCC[C@H](C)Oc2ccc(NC(=O)Nc3ccc4c(c3)OCO4)cc2C1=O. The van der Waals surface area contributed by atoms with Gasteiger partial charge in [0, 0.05) is 56.1 Å². The van der Waals surface area contributed by atoms with Crippen molar-refractivity contribution in [2.45, 2.75) is 96.4 Å². The fraction of sp³-hybridized carbons (Fsp3) is 0.595. The molecule has 0 aromatic heterocycles. The van der Waals surface area contributed by atoms with E-state index in [1.54, 1.807) is 60.2 Å². The Morgan fingerprint density at radius 1 is 0.940 bits per heavy atom. The Labute approximate surface area is 294 Å². The van der Waals surface area contributed by atoms with Crippen molar-refractivity contribution in [2.24, 2.45) is 5.92 Å². The Morgan fingerprint density at radius 2 is 1.62 bits per heavy atom. The van der Waals surface area contributed by atoms with Crippen molar-refractivity contribution < 1.29 is 38.4 Å². The van der Waals surface area contributed by atoms with Gasteiger partial charge in [0.2, 0.25) is 6.79 Å². The van der Waals surface area contributed by atoms with Crippen LogP contribution in [0.25, 0.3) is 0 Å². The average Bonchev–Trinajstić information content (AvgIpc) is 3.58. The van der Waals surface area contributed by atoms with Crippen molar-refractivity contribution in [3.63, 3.8) is 0 Å². The standard InChI is InChI=1S/C37H53N5O8/c1-24-20-42(25(2)22-43)35(44)30-18-28(38-36(45)39-29-14-16-32-33(19-29)49-23-48-32)13-15-31(30)50-26(3)10-8-9-17-47-34(24)21-41(4)37(46)40-27-11-6-5-7-12-27/h13-16,18-19,24-27,34,43H,5-12,17,20-23H2,1-4H3,(H,40,46)(H2,38,39,45)/t24-,25+,26-,34+/m0/s1. The molecule has 274 valence electrons. The molecule has 5 rings (SSSR count). The summed E-state index contributed by atoms with van der Waals surface area (Å²) in [7, 11) is 1.78. The number of nitrogens with zero attached hydrogens (tertiary/aromatic N) is 2. The summed E-state index contributed by atoms with van der Waals surface area (Å²) < 4.78 is 23.5. The van der Waals surface area contributed by atoms with Gasteiger partial charge in [0.25, 0.3) is 5.91 Å². The van der Waals surface area contributed by atoms with Crippen molar-refractivity contribution in [3.8, 4) is 17.2 Å². The van der Waals surface area contributed by atoms with Crippen LogP contribution in [-0.2, 0) is 4.74 Å². The van der Waals surface area contributed by atoms with Crippen LogP contribution in [0.2, 0.25) is 0 Å². The van der Waals surface area contributed by atoms with E-state index in [0.29, 0.717) is 41.8 Å². The second-order valence-electron chi connectivity index (χ2n) is 13.8. The molecule has 4 N–H and O–H groups in total. The second-order valence-corrected chi connectivity index (χ2v) is 13.8. The molecule has 1 fully saturated rings. The summed E-state index contributed by atoms with van der Waals surface area (Å²) in [5, 5.41) is 19.1. The van der Waals surface area contributed by atoms with Gasteiger partial charge < -0.3 is 49.8 Å². The van der Waals surface area contributed by atoms with Gasteiger partial charge in [-0.15, -0.1) is 0 Å². The largest absolute Gasteiger partial charge is 0.490 e. The number of carbonyl (C=O) groups is 3. The van der Waals surface area contributed by atoms with E-state index in [-0.39, 0.29) is 61.6 Å². The van der Waals surface area contributed by atoms with E-state index in [4.69, 9.17) is 18.9 Å². The molecule has 3 aliphatic rings. The number of rotatable bonds is 7. The second kappa shape index (κ2) is 17.6. The van der Waals surface area contributed by atoms with Crippen molar-refractivity contribution in [1.82, 2.24) is 15.1 Å². The molecule has 50 heavy (non-hydrogen) atoms. The van der Waals surface area contributed by atoms with Gasteiger partial charge in [-0.1, -0.05) is 26.2 Å². The van der Waals surface area contributed by atoms with Gasteiger partial charge in [-0.05, 0) is 76.3 Å². The molecule has 0 spiro atoms. The van der Waals surface area contributed by atoms with Gasteiger partial charge >= 0.3 is 12.1 Å². The van der Waals surface area contributed by atoms with Crippen LogP contribution in [0.5, 0.6) is 17.2 Å². The molecule has 0 radical (unpaired) electrons. The lowest BCUT2D eigenvalue weighted by Crippen LogP contribution is -2.50. The predicted octanol–water partition coefficient (Wildman–Crippen LogP) is 5.83. The molecule has 13 nitrogen and oxygen atoms in total. The topological polar surface area (TPSA) is 151 Å². The zero-order valence-corrected chi connectivity index (χ0v) is 29.7. The number of fused-ring (bicyclic) bond motifs is 2. The summed E-state index contributed by atoms with van der Waals surface area (Å²) in [6.07, 6.45) is 7.35. The van der Waals surface area contributed by atoms with Crippen LogP contribution in [0.4, 0.5) is 21.0 Å². The smallest absolute Gasteiger partial charge is 0.323 e. The van der Waals surface area contributed by atoms with E-state index in [1.165, 1.54) is 6.42 Å². The number of ether oxygens (including phenoxy) is 4. The van der Waals surface area contributed by atoms with Crippen LogP contribution in [0.15, 0.2) is 36.4 Å². The zero-order valence-electron chi connectivity index (χ0n) is 29.7. The number of urea groups is 2. The fourth-order valence-electron chi connectivity index (χ4n) is 6.62. The van der Waals surface area contributed by atoms with Crippen LogP contribution in [0.1, 0.15) is 82.5 Å². The third-order valence-corrected chi connectivity index (χ3v) is 9.67. The quantitative estimate of drug-likeness (QED) is 0.283. The number of nitrogens with one attached hydrogen (secondary N) is 3. The van der Waals surface area contributed by atoms with Gasteiger partial charge in [-0.25, -0.2) is 9.59 Å². The number of aliphatic hydroxyl groups excluding tert-OH is 1. The van der Waals surface area contributed by atoms with Gasteiger partial charge in [0.1, 0.15) is 5.75 Å². The lowest BCUT2D eigenvalue weighted by Gasteiger charge is -2.36. The van der Waals surface area contributed by atoms with Crippen molar-refractivity contribution >= 4 is 29.3 Å². The fourth-order valence-corrected chi connectivity index (χ4v) is 6.62. The lowest BCUT2D eigenvalue weighted by molar-refractivity contribution is -0.0123. The molecule has 5 amide bonds. The third-order valence-electron chi connectivity index (χ3n) is 9.67. The number of aliphatic hydroxyl groups is 1. The van der Waals surface area contributed by atoms with Gasteiger partial charge in [-0.3, -0.25) is 4.79 Å². The summed E-state index contributed by atoms with van der Waals surface area (Å²) in [5.74, 6) is 1.02. The van der Waals surface area contributed by atoms with Crippen LogP contribution in [0.3, 0.4) is 0 Å². The average molecular weight is 696 g/mol.